The molecule has 1 heterocycles. The molecule has 5 nitrogen and oxygen atoms in total. The lowest BCUT2D eigenvalue weighted by atomic mass is 10.1. The summed E-state index contributed by atoms with van der Waals surface area (Å²) in [7, 11) is 0. The molecule has 2 aromatic rings. The summed E-state index contributed by atoms with van der Waals surface area (Å²) in [6.07, 6.45) is 2.48. The van der Waals surface area contributed by atoms with Crippen molar-refractivity contribution in [3.8, 4) is 0 Å². The average molecular weight is 353 g/mol. The summed E-state index contributed by atoms with van der Waals surface area (Å²) >= 11 is 0. The van der Waals surface area contributed by atoms with Gasteiger partial charge in [-0.05, 0) is 87.9 Å². The third-order valence-electron chi connectivity index (χ3n) is 4.87. The number of carboxylic acid groups (broad SMARTS) is 1. The van der Waals surface area contributed by atoms with Gasteiger partial charge in [-0.1, -0.05) is 0 Å². The van der Waals surface area contributed by atoms with Crippen LogP contribution in [0.4, 0.5) is 17.3 Å². The van der Waals surface area contributed by atoms with Crippen molar-refractivity contribution in [1.82, 2.24) is 4.98 Å². The number of benzene rings is 1. The molecule has 1 aromatic carbocycles. The maximum Gasteiger partial charge on any atom is 0.335 e. The standard InChI is InChI=1S/C21H27N3O2/c1-5-24(13(2)3)20-12-16(15-6-7-15)11-19(23-20)22-17-8-9-18(21(25)26)14(4)10-17/h8-13,15H,5-7H2,1-4H3,(H,22,23)(H,25,26). The van der Waals surface area contributed by atoms with E-state index in [9.17, 15) is 9.90 Å². The molecule has 0 aliphatic heterocycles. The second-order valence-electron chi connectivity index (χ2n) is 7.26. The van der Waals surface area contributed by atoms with Crippen molar-refractivity contribution < 1.29 is 9.90 Å². The zero-order chi connectivity index (χ0) is 18.8. The van der Waals surface area contributed by atoms with E-state index in [1.807, 2.05) is 13.0 Å². The summed E-state index contributed by atoms with van der Waals surface area (Å²) in [4.78, 5) is 18.3. The minimum absolute atomic E-state index is 0.327. The van der Waals surface area contributed by atoms with Crippen molar-refractivity contribution in [3.05, 3.63) is 47.0 Å². The molecule has 2 N–H and O–H groups in total. The number of rotatable bonds is 7. The Hall–Kier alpha value is -2.56. The number of carboxylic acids is 1. The molecule has 0 saturated heterocycles. The molecule has 1 aromatic heterocycles. The molecule has 0 atom stereocenters. The average Bonchev–Trinajstić information content (AvgIpc) is 3.39. The Bertz CT molecular complexity index is 813. The van der Waals surface area contributed by atoms with Crippen LogP contribution in [0.3, 0.4) is 0 Å². The lowest BCUT2D eigenvalue weighted by Crippen LogP contribution is -2.31. The smallest absolute Gasteiger partial charge is 0.335 e. The minimum atomic E-state index is -0.902. The molecule has 0 unspecified atom stereocenters. The van der Waals surface area contributed by atoms with Crippen molar-refractivity contribution in [1.29, 1.82) is 0 Å². The third-order valence-corrected chi connectivity index (χ3v) is 4.87. The molecule has 138 valence electrons. The highest BCUT2D eigenvalue weighted by Crippen LogP contribution is 2.42. The highest BCUT2D eigenvalue weighted by molar-refractivity contribution is 5.90. The maximum atomic E-state index is 11.2. The van der Waals surface area contributed by atoms with E-state index in [0.717, 1.165) is 29.4 Å². The van der Waals surface area contributed by atoms with E-state index < -0.39 is 5.97 Å². The summed E-state index contributed by atoms with van der Waals surface area (Å²) in [5.41, 5.74) is 3.24. The quantitative estimate of drug-likeness (QED) is 0.738. The first-order valence-corrected chi connectivity index (χ1v) is 9.28. The first-order valence-electron chi connectivity index (χ1n) is 9.28. The summed E-state index contributed by atoms with van der Waals surface area (Å²) in [5, 5.41) is 12.6. The Labute approximate surface area is 155 Å². The number of hydrogen-bond donors (Lipinski definition) is 2. The first-order chi connectivity index (χ1) is 12.4. The number of anilines is 3. The molecule has 0 amide bonds. The Balaban J connectivity index is 1.93. The van der Waals surface area contributed by atoms with E-state index in [0.29, 0.717) is 17.5 Å². The van der Waals surface area contributed by atoms with Crippen LogP contribution >= 0.6 is 0 Å². The fourth-order valence-corrected chi connectivity index (χ4v) is 3.32. The molecule has 5 heteroatoms. The normalized spacial score (nSPS) is 13.7. The van der Waals surface area contributed by atoms with Crippen LogP contribution in [0.25, 0.3) is 0 Å². The van der Waals surface area contributed by atoms with Crippen molar-refractivity contribution in [2.75, 3.05) is 16.8 Å². The highest BCUT2D eigenvalue weighted by Gasteiger charge is 2.25. The largest absolute Gasteiger partial charge is 0.478 e. The van der Waals surface area contributed by atoms with E-state index in [1.54, 1.807) is 12.1 Å². The predicted molar refractivity (Wildman–Crippen MR) is 106 cm³/mol. The van der Waals surface area contributed by atoms with Gasteiger partial charge in [0.25, 0.3) is 0 Å². The zero-order valence-corrected chi connectivity index (χ0v) is 15.9. The predicted octanol–water partition coefficient (Wildman–Crippen LogP) is 4.94. The summed E-state index contributed by atoms with van der Waals surface area (Å²) in [6, 6.07) is 10.0. The molecular weight excluding hydrogens is 326 g/mol. The minimum Gasteiger partial charge on any atom is -0.478 e. The molecule has 26 heavy (non-hydrogen) atoms. The zero-order valence-electron chi connectivity index (χ0n) is 15.9. The number of carbonyl (C=O) groups is 1. The Morgan fingerprint density at radius 2 is 2.04 bits per heavy atom. The van der Waals surface area contributed by atoms with E-state index in [2.05, 4.69) is 43.1 Å². The Morgan fingerprint density at radius 1 is 1.31 bits per heavy atom. The highest BCUT2D eigenvalue weighted by atomic mass is 16.4. The summed E-state index contributed by atoms with van der Waals surface area (Å²) in [6.45, 7) is 9.22. The number of aromatic nitrogens is 1. The number of aryl methyl sites for hydroxylation is 1. The number of nitrogens with one attached hydrogen (secondary N) is 1. The Morgan fingerprint density at radius 3 is 2.58 bits per heavy atom. The molecule has 1 saturated carbocycles. The van der Waals surface area contributed by atoms with Crippen LogP contribution < -0.4 is 10.2 Å². The van der Waals surface area contributed by atoms with Crippen LogP contribution in [0.15, 0.2) is 30.3 Å². The van der Waals surface area contributed by atoms with E-state index in [-0.39, 0.29) is 0 Å². The van der Waals surface area contributed by atoms with Gasteiger partial charge in [0.05, 0.1) is 5.56 Å². The second kappa shape index (κ2) is 7.36. The SMILES string of the molecule is CCN(c1cc(C2CC2)cc(Nc2ccc(C(=O)O)c(C)c2)n1)C(C)C. The fourth-order valence-electron chi connectivity index (χ4n) is 3.32. The summed E-state index contributed by atoms with van der Waals surface area (Å²) in [5.74, 6) is 1.54. The van der Waals surface area contributed by atoms with Crippen molar-refractivity contribution >= 4 is 23.3 Å². The van der Waals surface area contributed by atoms with Gasteiger partial charge >= 0.3 is 5.97 Å². The van der Waals surface area contributed by atoms with Gasteiger partial charge in [0.1, 0.15) is 11.6 Å². The van der Waals surface area contributed by atoms with E-state index in [1.165, 1.54) is 18.4 Å². The molecule has 0 spiro atoms. The van der Waals surface area contributed by atoms with Crippen molar-refractivity contribution in [2.24, 2.45) is 0 Å². The van der Waals surface area contributed by atoms with Gasteiger partial charge in [0.2, 0.25) is 0 Å². The van der Waals surface area contributed by atoms with Crippen molar-refractivity contribution in [3.63, 3.8) is 0 Å². The van der Waals surface area contributed by atoms with Crippen molar-refractivity contribution in [2.45, 2.75) is 52.5 Å². The summed E-state index contributed by atoms with van der Waals surface area (Å²) < 4.78 is 0. The topological polar surface area (TPSA) is 65.5 Å². The number of aromatic carboxylic acids is 1. The van der Waals surface area contributed by atoms with Gasteiger partial charge in [0, 0.05) is 18.3 Å². The van der Waals surface area contributed by atoms with E-state index >= 15 is 0 Å². The van der Waals surface area contributed by atoms with Gasteiger partial charge in [-0.25, -0.2) is 9.78 Å². The van der Waals surface area contributed by atoms with Gasteiger partial charge in [-0.2, -0.15) is 0 Å². The van der Waals surface area contributed by atoms with Gasteiger partial charge in [-0.15, -0.1) is 0 Å². The molecule has 3 rings (SSSR count). The van der Waals surface area contributed by atoms with E-state index in [4.69, 9.17) is 4.98 Å². The molecule has 1 fully saturated rings. The molecule has 1 aliphatic rings. The van der Waals surface area contributed by atoms with Crippen LogP contribution in [0.1, 0.15) is 61.0 Å². The van der Waals surface area contributed by atoms with Gasteiger partial charge in [-0.3, -0.25) is 0 Å². The second-order valence-corrected chi connectivity index (χ2v) is 7.26. The molecule has 1 aliphatic carbocycles. The number of nitrogens with zero attached hydrogens (tertiary/aromatic N) is 2. The molecular formula is C21H27N3O2. The lowest BCUT2D eigenvalue weighted by molar-refractivity contribution is 0.0696. The first kappa shape index (κ1) is 18.2. The van der Waals surface area contributed by atoms with Crippen LogP contribution in [-0.4, -0.2) is 28.6 Å². The third kappa shape index (κ3) is 3.98. The van der Waals surface area contributed by atoms with Gasteiger partial charge in [0.15, 0.2) is 0 Å². The molecule has 0 bridgehead atoms. The lowest BCUT2D eigenvalue weighted by Gasteiger charge is -2.27. The van der Waals surface area contributed by atoms with Crippen LogP contribution in [0.5, 0.6) is 0 Å². The molecule has 0 radical (unpaired) electrons. The maximum absolute atomic E-state index is 11.2. The van der Waals surface area contributed by atoms with Crippen LogP contribution in [0.2, 0.25) is 0 Å². The Kier molecular flexibility index (Phi) is 5.16. The van der Waals surface area contributed by atoms with Gasteiger partial charge < -0.3 is 15.3 Å². The van der Waals surface area contributed by atoms with Crippen LogP contribution in [0, 0.1) is 6.92 Å². The number of pyridine rings is 1. The number of hydrogen-bond acceptors (Lipinski definition) is 4. The monoisotopic (exact) mass is 353 g/mol. The van der Waals surface area contributed by atoms with Crippen LogP contribution in [-0.2, 0) is 0 Å². The fraction of sp³-hybridized carbons (Fsp3) is 0.429.